The number of hydrogen-bond donors (Lipinski definition) is 1. The molecule has 1 amide bonds. The van der Waals surface area contributed by atoms with Gasteiger partial charge < -0.3 is 15.4 Å². The van der Waals surface area contributed by atoms with Crippen molar-refractivity contribution in [2.24, 2.45) is 17.1 Å². The lowest BCUT2D eigenvalue weighted by Crippen LogP contribution is -2.40. The molecule has 1 atom stereocenters. The van der Waals surface area contributed by atoms with Crippen molar-refractivity contribution in [3.63, 3.8) is 0 Å². The molecule has 1 heterocycles. The minimum absolute atomic E-state index is 0.0919. The van der Waals surface area contributed by atoms with Crippen LogP contribution in [0.2, 0.25) is 0 Å². The minimum atomic E-state index is 0.0919. The standard InChI is InChI=1S/C15H28N2O2/c1-19-11-13-5-8-17(10-13)14(18)9-15(12-16)6-3-2-4-7-15/h13H,2-12,16H2,1H3. The summed E-state index contributed by atoms with van der Waals surface area (Å²) in [5, 5.41) is 0. The number of amides is 1. The molecule has 0 aromatic heterocycles. The Bertz CT molecular complexity index is 301. The third-order valence-corrected chi connectivity index (χ3v) is 4.91. The number of nitrogens with zero attached hydrogens (tertiary/aromatic N) is 1. The second-order valence-electron chi connectivity index (χ2n) is 6.39. The van der Waals surface area contributed by atoms with Crippen molar-refractivity contribution in [3.8, 4) is 0 Å². The predicted molar refractivity (Wildman–Crippen MR) is 75.8 cm³/mol. The largest absolute Gasteiger partial charge is 0.384 e. The van der Waals surface area contributed by atoms with Gasteiger partial charge in [-0.15, -0.1) is 0 Å². The van der Waals surface area contributed by atoms with Gasteiger partial charge >= 0.3 is 0 Å². The monoisotopic (exact) mass is 268 g/mol. The van der Waals surface area contributed by atoms with Gasteiger partial charge in [0.15, 0.2) is 0 Å². The van der Waals surface area contributed by atoms with Crippen molar-refractivity contribution in [2.45, 2.75) is 44.9 Å². The van der Waals surface area contributed by atoms with Crippen LogP contribution in [0.4, 0.5) is 0 Å². The maximum atomic E-state index is 12.5. The first-order valence-electron chi connectivity index (χ1n) is 7.66. The number of likely N-dealkylation sites (tertiary alicyclic amines) is 1. The van der Waals surface area contributed by atoms with Crippen LogP contribution in [0.5, 0.6) is 0 Å². The fraction of sp³-hybridized carbons (Fsp3) is 0.933. The van der Waals surface area contributed by atoms with Gasteiger partial charge in [-0.3, -0.25) is 4.79 Å². The normalized spacial score (nSPS) is 26.6. The van der Waals surface area contributed by atoms with Crippen molar-refractivity contribution < 1.29 is 9.53 Å². The molecule has 2 aliphatic rings. The summed E-state index contributed by atoms with van der Waals surface area (Å²) in [6.07, 6.45) is 7.76. The van der Waals surface area contributed by atoms with Crippen molar-refractivity contribution in [3.05, 3.63) is 0 Å². The van der Waals surface area contributed by atoms with Crippen molar-refractivity contribution in [1.29, 1.82) is 0 Å². The van der Waals surface area contributed by atoms with E-state index in [1.165, 1.54) is 19.3 Å². The van der Waals surface area contributed by atoms with E-state index in [0.717, 1.165) is 39.0 Å². The quantitative estimate of drug-likeness (QED) is 0.827. The third-order valence-electron chi connectivity index (χ3n) is 4.91. The zero-order valence-electron chi connectivity index (χ0n) is 12.2. The van der Waals surface area contributed by atoms with E-state index >= 15 is 0 Å². The average molecular weight is 268 g/mol. The summed E-state index contributed by atoms with van der Waals surface area (Å²) in [5.74, 6) is 0.833. The molecule has 0 spiro atoms. The van der Waals surface area contributed by atoms with Crippen LogP contribution in [0, 0.1) is 11.3 Å². The molecule has 0 bridgehead atoms. The van der Waals surface area contributed by atoms with E-state index < -0.39 is 0 Å². The molecule has 1 saturated heterocycles. The predicted octanol–water partition coefficient (Wildman–Crippen LogP) is 1.78. The highest BCUT2D eigenvalue weighted by atomic mass is 16.5. The van der Waals surface area contributed by atoms with Crippen LogP contribution in [0.3, 0.4) is 0 Å². The number of ether oxygens (including phenoxy) is 1. The van der Waals surface area contributed by atoms with Gasteiger partial charge in [-0.2, -0.15) is 0 Å². The summed E-state index contributed by atoms with van der Waals surface area (Å²) in [4.78, 5) is 14.5. The Morgan fingerprint density at radius 1 is 1.37 bits per heavy atom. The van der Waals surface area contributed by atoms with E-state index in [1.807, 2.05) is 4.90 Å². The van der Waals surface area contributed by atoms with Crippen LogP contribution in [0.25, 0.3) is 0 Å². The van der Waals surface area contributed by atoms with Gasteiger partial charge in [0.05, 0.1) is 6.61 Å². The first-order valence-corrected chi connectivity index (χ1v) is 7.66. The Labute approximate surface area is 116 Å². The molecule has 4 heteroatoms. The lowest BCUT2D eigenvalue weighted by Gasteiger charge is -2.36. The number of hydrogen-bond acceptors (Lipinski definition) is 3. The van der Waals surface area contributed by atoms with E-state index in [-0.39, 0.29) is 5.41 Å². The van der Waals surface area contributed by atoms with E-state index in [4.69, 9.17) is 10.5 Å². The number of rotatable bonds is 5. The van der Waals surface area contributed by atoms with Crippen LogP contribution in [0.15, 0.2) is 0 Å². The van der Waals surface area contributed by atoms with E-state index in [9.17, 15) is 4.79 Å². The Morgan fingerprint density at radius 2 is 2.11 bits per heavy atom. The molecular formula is C15H28N2O2. The smallest absolute Gasteiger partial charge is 0.223 e. The van der Waals surface area contributed by atoms with E-state index in [1.54, 1.807) is 7.11 Å². The van der Waals surface area contributed by atoms with E-state index in [2.05, 4.69) is 0 Å². The fourth-order valence-corrected chi connectivity index (χ4v) is 3.62. The molecule has 2 N–H and O–H groups in total. The molecule has 2 fully saturated rings. The Morgan fingerprint density at radius 3 is 2.74 bits per heavy atom. The first kappa shape index (κ1) is 14.8. The SMILES string of the molecule is COCC1CCN(C(=O)CC2(CN)CCCCC2)C1. The maximum absolute atomic E-state index is 12.5. The van der Waals surface area contributed by atoms with E-state index in [0.29, 0.717) is 24.8 Å². The number of carbonyl (C=O) groups excluding carboxylic acids is 1. The topological polar surface area (TPSA) is 55.6 Å². The molecular weight excluding hydrogens is 240 g/mol. The summed E-state index contributed by atoms with van der Waals surface area (Å²) >= 11 is 0. The third kappa shape index (κ3) is 3.69. The molecule has 1 unspecified atom stereocenters. The van der Waals surface area contributed by atoms with Gasteiger partial charge in [0.2, 0.25) is 5.91 Å². The molecule has 1 saturated carbocycles. The van der Waals surface area contributed by atoms with Crippen molar-refractivity contribution >= 4 is 5.91 Å². The lowest BCUT2D eigenvalue weighted by molar-refractivity contribution is -0.133. The van der Waals surface area contributed by atoms with Crippen LogP contribution < -0.4 is 5.73 Å². The molecule has 1 aliphatic heterocycles. The van der Waals surface area contributed by atoms with Crippen molar-refractivity contribution in [2.75, 3.05) is 33.4 Å². The maximum Gasteiger partial charge on any atom is 0.223 e. The number of carbonyl (C=O) groups is 1. The summed E-state index contributed by atoms with van der Waals surface area (Å²) in [5.41, 5.74) is 6.06. The highest BCUT2D eigenvalue weighted by Gasteiger charge is 2.36. The van der Waals surface area contributed by atoms with Gasteiger partial charge in [0.25, 0.3) is 0 Å². The number of nitrogens with two attached hydrogens (primary N) is 1. The minimum Gasteiger partial charge on any atom is -0.384 e. The zero-order chi connectivity index (χ0) is 13.7. The summed E-state index contributed by atoms with van der Waals surface area (Å²) in [6.45, 7) is 3.20. The second kappa shape index (κ2) is 6.71. The molecule has 19 heavy (non-hydrogen) atoms. The average Bonchev–Trinajstić information content (AvgIpc) is 2.89. The van der Waals surface area contributed by atoms with Gasteiger partial charge in [-0.1, -0.05) is 19.3 Å². The van der Waals surface area contributed by atoms with Gasteiger partial charge in [0.1, 0.15) is 0 Å². The van der Waals surface area contributed by atoms with Gasteiger partial charge in [0, 0.05) is 32.5 Å². The molecule has 2 rings (SSSR count). The van der Waals surface area contributed by atoms with Crippen LogP contribution in [0.1, 0.15) is 44.9 Å². The Kier molecular flexibility index (Phi) is 5.22. The summed E-state index contributed by atoms with van der Waals surface area (Å²) in [6, 6.07) is 0. The highest BCUT2D eigenvalue weighted by Crippen LogP contribution is 2.39. The van der Waals surface area contributed by atoms with Crippen LogP contribution >= 0.6 is 0 Å². The molecule has 0 radical (unpaired) electrons. The zero-order valence-corrected chi connectivity index (χ0v) is 12.2. The molecule has 0 aromatic rings. The molecule has 1 aliphatic carbocycles. The molecule has 0 aromatic carbocycles. The second-order valence-corrected chi connectivity index (χ2v) is 6.39. The van der Waals surface area contributed by atoms with Crippen LogP contribution in [-0.2, 0) is 9.53 Å². The lowest BCUT2D eigenvalue weighted by atomic mass is 9.71. The number of methoxy groups -OCH3 is 1. The highest BCUT2D eigenvalue weighted by molar-refractivity contribution is 5.77. The summed E-state index contributed by atoms with van der Waals surface area (Å²) in [7, 11) is 1.73. The van der Waals surface area contributed by atoms with Gasteiger partial charge in [-0.25, -0.2) is 0 Å². The van der Waals surface area contributed by atoms with Crippen LogP contribution in [-0.4, -0.2) is 44.2 Å². The first-order chi connectivity index (χ1) is 9.19. The van der Waals surface area contributed by atoms with Crippen molar-refractivity contribution in [1.82, 2.24) is 4.90 Å². The molecule has 110 valence electrons. The summed E-state index contributed by atoms with van der Waals surface area (Å²) < 4.78 is 5.19. The molecule has 4 nitrogen and oxygen atoms in total. The Balaban J connectivity index is 1.86. The Hall–Kier alpha value is -0.610. The fourth-order valence-electron chi connectivity index (χ4n) is 3.62. The van der Waals surface area contributed by atoms with Gasteiger partial charge in [-0.05, 0) is 31.2 Å².